The van der Waals surface area contributed by atoms with Crippen LogP contribution in [0.2, 0.25) is 55.9 Å². The molecule has 4 rings (SSSR count). The van der Waals surface area contributed by atoms with Gasteiger partial charge in [-0.25, -0.2) is 0 Å². The third-order valence-electron chi connectivity index (χ3n) is 13.3. The number of Topliss-reactive ketones (excluding diaryl/α,β-unsaturated/α-hetero) is 1. The van der Waals surface area contributed by atoms with Crippen molar-refractivity contribution in [3.8, 4) is 0 Å². The summed E-state index contributed by atoms with van der Waals surface area (Å²) in [6, 6.07) is 0. The number of hydrogen-bond acceptors (Lipinski definition) is 8. The first kappa shape index (κ1) is 38.4. The number of carbonyl (C=O) groups excluding carboxylic acids is 1. The minimum Gasteiger partial charge on any atom is -0.541 e. The third-order valence-corrected chi connectivity index (χ3v) is 23.1. The Morgan fingerprint density at radius 2 is 1.39 bits per heavy atom. The Hall–Kier alpha value is -0.379. The zero-order valence-corrected chi connectivity index (χ0v) is 35.0. The molecule has 4 aliphatic rings. The molecule has 1 unspecified atom stereocenters. The van der Waals surface area contributed by atoms with Crippen molar-refractivity contribution in [3.63, 3.8) is 0 Å². The van der Waals surface area contributed by atoms with E-state index in [1.165, 1.54) is 0 Å². The highest BCUT2D eigenvalue weighted by Crippen LogP contribution is 2.64. The van der Waals surface area contributed by atoms with Crippen molar-refractivity contribution in [2.45, 2.75) is 174 Å². The molecule has 2 bridgehead atoms. The van der Waals surface area contributed by atoms with Crippen LogP contribution in [0, 0.1) is 22.7 Å². The molecule has 0 radical (unpaired) electrons. The maximum absolute atomic E-state index is 15.8. The first-order valence-electron chi connectivity index (χ1n) is 17.4. The molecule has 1 aliphatic heterocycles. The first-order chi connectivity index (χ1) is 20.3. The zero-order chi connectivity index (χ0) is 35.6. The monoisotopic (exact) mass is 698 g/mol. The maximum atomic E-state index is 15.8. The first-order valence-corrected chi connectivity index (χ1v) is 26.6. The van der Waals surface area contributed by atoms with Gasteiger partial charge in [0.05, 0.1) is 36.4 Å². The van der Waals surface area contributed by atoms with Gasteiger partial charge in [0.15, 0.2) is 16.6 Å². The van der Waals surface area contributed by atoms with Gasteiger partial charge in [0.25, 0.3) is 8.32 Å². The summed E-state index contributed by atoms with van der Waals surface area (Å²) in [5.41, 5.74) is -5.07. The number of aliphatic hydroxyl groups is 3. The maximum Gasteiger partial charge on any atom is 0.250 e. The van der Waals surface area contributed by atoms with Crippen LogP contribution in [0.4, 0.5) is 0 Å². The molecule has 8 nitrogen and oxygen atoms in total. The summed E-state index contributed by atoms with van der Waals surface area (Å²) in [6.45, 7) is 35.6. The molecule has 46 heavy (non-hydrogen) atoms. The summed E-state index contributed by atoms with van der Waals surface area (Å²) in [5.74, 6) is -1.31. The van der Waals surface area contributed by atoms with Crippen molar-refractivity contribution in [1.82, 2.24) is 0 Å². The molecule has 11 heteroatoms. The lowest BCUT2D eigenvalue weighted by Gasteiger charge is -2.67. The summed E-state index contributed by atoms with van der Waals surface area (Å²) >= 11 is 0. The molecule has 9 atom stereocenters. The van der Waals surface area contributed by atoms with Gasteiger partial charge in [0, 0.05) is 30.1 Å². The Kier molecular flexibility index (Phi) is 9.24. The number of carbonyl (C=O) groups is 1. The summed E-state index contributed by atoms with van der Waals surface area (Å²) in [5, 5.41) is 37.9. The van der Waals surface area contributed by atoms with Crippen LogP contribution >= 0.6 is 0 Å². The average Bonchev–Trinajstić information content (AvgIpc) is 2.84. The predicted molar refractivity (Wildman–Crippen MR) is 190 cm³/mol. The van der Waals surface area contributed by atoms with Crippen LogP contribution in [-0.4, -0.2) is 88.3 Å². The summed E-state index contributed by atoms with van der Waals surface area (Å²) < 4.78 is 27.1. The molecule has 0 amide bonds. The number of rotatable bonds is 6. The highest BCUT2D eigenvalue weighted by molar-refractivity contribution is 6.75. The van der Waals surface area contributed by atoms with E-state index in [9.17, 15) is 15.3 Å². The standard InChI is InChI=1S/C35H66O8Si3/c1-21-22(41-44(11,12)13)19-35(39)29(37)27-33(10,23(18-24-34(27,38)20-40-24)42-45(14,15)30(2,3)4)28(36)26(25(21)32(35,8)9)43-46(16,17)31(5,6)7/h21-24,27,29,37-39H,18-20H2,1-17H3/t21?,22-,23-,24+,27-,29-,33+,34-,35+/m0/s1. The van der Waals surface area contributed by atoms with Crippen molar-refractivity contribution in [3.05, 3.63) is 11.3 Å². The number of hydrogen-bond donors (Lipinski definition) is 3. The molecule has 0 aromatic rings. The zero-order valence-electron chi connectivity index (χ0n) is 32.0. The topological polar surface area (TPSA) is 115 Å². The summed E-state index contributed by atoms with van der Waals surface area (Å²) in [7, 11) is -7.23. The van der Waals surface area contributed by atoms with Crippen molar-refractivity contribution in [1.29, 1.82) is 0 Å². The van der Waals surface area contributed by atoms with E-state index < -0.39 is 77.3 Å². The van der Waals surface area contributed by atoms with Gasteiger partial charge in [-0.05, 0) is 68.4 Å². The third kappa shape index (κ3) is 5.63. The van der Waals surface area contributed by atoms with Gasteiger partial charge in [-0.15, -0.1) is 0 Å². The second-order valence-electron chi connectivity index (χ2n) is 19.8. The SMILES string of the molecule is CC1C2=C(O[Si](C)(C)C(C)(C)C)C(=O)[C@]3(C)[C@@H](O[Si](C)(C)C(C)(C)C)C[C@H]4OC[C@@]4(O)[C@H]3[C@H](O)[C@](O)(C[C@@H]1O[Si](C)(C)C)C2(C)C. The van der Waals surface area contributed by atoms with E-state index in [-0.39, 0.29) is 40.6 Å². The molecule has 266 valence electrons. The number of ether oxygens (including phenoxy) is 1. The van der Waals surface area contributed by atoms with Gasteiger partial charge < -0.3 is 33.3 Å². The number of allylic oxidation sites excluding steroid dienone is 1. The Bertz CT molecular complexity index is 1260. The van der Waals surface area contributed by atoms with Gasteiger partial charge in [0.2, 0.25) is 5.78 Å². The normalized spacial score (nSPS) is 40.4. The highest BCUT2D eigenvalue weighted by Gasteiger charge is 2.76. The van der Waals surface area contributed by atoms with Gasteiger partial charge in [0.1, 0.15) is 17.0 Å². The van der Waals surface area contributed by atoms with Crippen LogP contribution in [0.3, 0.4) is 0 Å². The lowest BCUT2D eigenvalue weighted by molar-refractivity contribution is -0.342. The molecule has 0 aromatic heterocycles. The molecule has 0 spiro atoms. The summed E-state index contributed by atoms with van der Waals surface area (Å²) in [6.07, 6.45) is -2.73. The fraction of sp³-hybridized carbons (Fsp3) is 0.914. The minimum atomic E-state index is -2.63. The van der Waals surface area contributed by atoms with E-state index in [1.54, 1.807) is 0 Å². The van der Waals surface area contributed by atoms with Gasteiger partial charge in [-0.1, -0.05) is 62.3 Å². The fourth-order valence-corrected chi connectivity index (χ4v) is 11.8. The largest absolute Gasteiger partial charge is 0.541 e. The van der Waals surface area contributed by atoms with E-state index in [0.29, 0.717) is 12.0 Å². The number of aliphatic hydroxyl groups excluding tert-OH is 1. The quantitative estimate of drug-likeness (QED) is 0.261. The Balaban J connectivity index is 2.11. The van der Waals surface area contributed by atoms with Crippen LogP contribution in [0.15, 0.2) is 11.3 Å². The molecule has 3 N–H and O–H groups in total. The van der Waals surface area contributed by atoms with Crippen LogP contribution in [0.25, 0.3) is 0 Å². The van der Waals surface area contributed by atoms with E-state index in [4.69, 9.17) is 18.0 Å². The number of ketones is 1. The smallest absolute Gasteiger partial charge is 0.250 e. The molecule has 3 fully saturated rings. The predicted octanol–water partition coefficient (Wildman–Crippen LogP) is 6.77. The minimum absolute atomic E-state index is 0.0220. The van der Waals surface area contributed by atoms with Crippen molar-refractivity contribution in [2.75, 3.05) is 6.61 Å². The fourth-order valence-electron chi connectivity index (χ4n) is 8.14. The van der Waals surface area contributed by atoms with Crippen molar-refractivity contribution < 1.29 is 38.1 Å². The second kappa shape index (κ2) is 11.1. The van der Waals surface area contributed by atoms with Crippen molar-refractivity contribution in [2.24, 2.45) is 22.7 Å². The Morgan fingerprint density at radius 1 is 0.870 bits per heavy atom. The second-order valence-corrected chi connectivity index (χ2v) is 33.8. The van der Waals surface area contributed by atoms with E-state index in [2.05, 4.69) is 94.3 Å². The van der Waals surface area contributed by atoms with Crippen LogP contribution in [0.5, 0.6) is 0 Å². The van der Waals surface area contributed by atoms with Crippen LogP contribution < -0.4 is 0 Å². The Labute approximate surface area is 282 Å². The molecular formula is C35H66O8Si3. The van der Waals surface area contributed by atoms with Crippen LogP contribution in [0.1, 0.15) is 82.1 Å². The van der Waals surface area contributed by atoms with Gasteiger partial charge >= 0.3 is 0 Å². The molecule has 1 saturated heterocycles. The molecule has 1 heterocycles. The average molecular weight is 699 g/mol. The molecule has 0 aromatic carbocycles. The number of fused-ring (bicyclic) bond motifs is 5. The lowest BCUT2D eigenvalue weighted by Crippen LogP contribution is -2.80. The van der Waals surface area contributed by atoms with E-state index >= 15 is 4.79 Å². The van der Waals surface area contributed by atoms with E-state index in [1.807, 2.05) is 20.8 Å². The molecule has 2 saturated carbocycles. The van der Waals surface area contributed by atoms with Gasteiger partial charge in [-0.2, -0.15) is 0 Å². The molecular weight excluding hydrogens is 633 g/mol. The molecule has 3 aliphatic carbocycles. The summed E-state index contributed by atoms with van der Waals surface area (Å²) in [4.78, 5) is 15.8. The van der Waals surface area contributed by atoms with Gasteiger partial charge in [-0.3, -0.25) is 4.79 Å². The lowest BCUT2D eigenvalue weighted by atomic mass is 9.45. The van der Waals surface area contributed by atoms with E-state index in [0.717, 1.165) is 0 Å². The highest BCUT2D eigenvalue weighted by atomic mass is 28.4. The van der Waals surface area contributed by atoms with Crippen molar-refractivity contribution >= 4 is 30.7 Å². The van der Waals surface area contributed by atoms with Crippen LogP contribution in [-0.2, 0) is 22.8 Å². The Morgan fingerprint density at radius 3 is 1.83 bits per heavy atom.